The summed E-state index contributed by atoms with van der Waals surface area (Å²) in [7, 11) is 0. The van der Waals surface area contributed by atoms with Crippen molar-refractivity contribution in [2.24, 2.45) is 4.99 Å². The topological polar surface area (TPSA) is 84.6 Å². The van der Waals surface area contributed by atoms with Gasteiger partial charge in [0, 0.05) is 29.6 Å². The Labute approximate surface area is 258 Å². The van der Waals surface area contributed by atoms with Gasteiger partial charge in [0.2, 0.25) is 0 Å². The molecular formula is C32H33F3N6O2S. The van der Waals surface area contributed by atoms with Gasteiger partial charge in [0.25, 0.3) is 0 Å². The lowest BCUT2D eigenvalue weighted by Crippen LogP contribution is -2.37. The number of hydrogen-bond donors (Lipinski definition) is 1. The molecule has 2 amide bonds. The Bertz CT molecular complexity index is 1590. The lowest BCUT2D eigenvalue weighted by Gasteiger charge is -2.31. The van der Waals surface area contributed by atoms with Gasteiger partial charge in [-0.05, 0) is 74.1 Å². The second-order valence-electron chi connectivity index (χ2n) is 10.4. The van der Waals surface area contributed by atoms with E-state index in [-0.39, 0.29) is 17.8 Å². The first-order valence-electron chi connectivity index (χ1n) is 14.4. The zero-order chi connectivity index (χ0) is 31.1. The Balaban J connectivity index is 1.14. The molecule has 5 rings (SSSR count). The fourth-order valence-corrected chi connectivity index (χ4v) is 5.82. The minimum absolute atomic E-state index is 0.0678. The molecule has 4 aromatic rings. The van der Waals surface area contributed by atoms with Crippen molar-refractivity contribution in [2.45, 2.75) is 51.9 Å². The standard InChI is InChI=1S/C32H33F3N6O2S/c1-3-24-7-4-5-8-28(24)40-19-6-20-44-31(40)38-30(42)37-22(2)9-10-23-11-13-25(14-12-23)29-36-21-41(39-29)26-15-17-27(18-16-26)43-32(33,34)35/h4-5,7-8,11-18,21-22H,3,6,9-10,19-20H2,1-2H3,(H,37,42). The van der Waals surface area contributed by atoms with Gasteiger partial charge in [-0.25, -0.2) is 14.5 Å². The molecular weight excluding hydrogens is 589 g/mol. The maximum atomic E-state index is 12.8. The molecule has 0 radical (unpaired) electrons. The molecule has 12 heteroatoms. The van der Waals surface area contributed by atoms with Crippen molar-refractivity contribution in [3.63, 3.8) is 0 Å². The van der Waals surface area contributed by atoms with Gasteiger partial charge in [-0.15, -0.1) is 18.3 Å². The van der Waals surface area contributed by atoms with Crippen molar-refractivity contribution >= 4 is 28.6 Å². The van der Waals surface area contributed by atoms with Crippen LogP contribution in [0.1, 0.15) is 37.8 Å². The monoisotopic (exact) mass is 622 g/mol. The van der Waals surface area contributed by atoms with Crippen molar-refractivity contribution in [3.8, 4) is 22.8 Å². The zero-order valence-electron chi connectivity index (χ0n) is 24.4. The van der Waals surface area contributed by atoms with Crippen molar-refractivity contribution in [3.05, 3.63) is 90.3 Å². The number of anilines is 1. The molecule has 1 aliphatic heterocycles. The molecule has 1 N–H and O–H groups in total. The van der Waals surface area contributed by atoms with E-state index >= 15 is 0 Å². The minimum atomic E-state index is -4.74. The number of carbonyl (C=O) groups excluding carboxylic acids is 1. The number of ether oxygens (including phenoxy) is 1. The van der Waals surface area contributed by atoms with Crippen LogP contribution in [0.5, 0.6) is 5.75 Å². The molecule has 1 aliphatic rings. The number of alkyl halides is 3. The van der Waals surface area contributed by atoms with E-state index in [4.69, 9.17) is 0 Å². The summed E-state index contributed by atoms with van der Waals surface area (Å²) in [4.78, 5) is 23.8. The Morgan fingerprint density at radius 3 is 2.57 bits per heavy atom. The number of aliphatic imine (C=N–C) groups is 1. The van der Waals surface area contributed by atoms with Gasteiger partial charge in [-0.3, -0.25) is 0 Å². The molecule has 44 heavy (non-hydrogen) atoms. The first-order chi connectivity index (χ1) is 21.2. The number of benzene rings is 3. The number of aryl methyl sites for hydroxylation is 2. The summed E-state index contributed by atoms with van der Waals surface area (Å²) in [5.41, 5.74) is 4.81. The van der Waals surface area contributed by atoms with Crippen molar-refractivity contribution in [2.75, 3.05) is 17.2 Å². The van der Waals surface area contributed by atoms with Gasteiger partial charge in [0.05, 0.1) is 5.69 Å². The number of nitrogens with one attached hydrogen (secondary N) is 1. The number of urea groups is 1. The highest BCUT2D eigenvalue weighted by atomic mass is 32.2. The number of para-hydroxylation sites is 1. The van der Waals surface area contributed by atoms with Crippen LogP contribution in [-0.2, 0) is 12.8 Å². The molecule has 0 saturated carbocycles. The van der Waals surface area contributed by atoms with E-state index in [0.717, 1.165) is 60.0 Å². The molecule has 1 fully saturated rings. The number of amides is 2. The fraction of sp³-hybridized carbons (Fsp3) is 0.312. The van der Waals surface area contributed by atoms with Crippen LogP contribution >= 0.6 is 11.8 Å². The van der Waals surface area contributed by atoms with Gasteiger partial charge >= 0.3 is 12.4 Å². The largest absolute Gasteiger partial charge is 0.573 e. The molecule has 0 bridgehead atoms. The van der Waals surface area contributed by atoms with Gasteiger partial charge in [0.15, 0.2) is 11.0 Å². The van der Waals surface area contributed by atoms with E-state index in [1.54, 1.807) is 11.8 Å². The molecule has 8 nitrogen and oxygen atoms in total. The Morgan fingerprint density at radius 2 is 1.84 bits per heavy atom. The van der Waals surface area contributed by atoms with E-state index in [9.17, 15) is 18.0 Å². The number of halogens is 3. The van der Waals surface area contributed by atoms with Crippen LogP contribution in [-0.4, -0.2) is 50.7 Å². The molecule has 230 valence electrons. The van der Waals surface area contributed by atoms with Crippen molar-refractivity contribution in [1.82, 2.24) is 20.1 Å². The minimum Gasteiger partial charge on any atom is -0.406 e. The number of hydrogen-bond acceptors (Lipinski definition) is 5. The highest BCUT2D eigenvalue weighted by Gasteiger charge is 2.31. The third-order valence-corrected chi connectivity index (χ3v) is 8.19. The highest BCUT2D eigenvalue weighted by Crippen LogP contribution is 2.29. The number of nitrogens with zero attached hydrogens (tertiary/aromatic N) is 5. The number of amidine groups is 1. The second-order valence-corrected chi connectivity index (χ2v) is 11.4. The smallest absolute Gasteiger partial charge is 0.406 e. The summed E-state index contributed by atoms with van der Waals surface area (Å²) in [5.74, 6) is 1.12. The van der Waals surface area contributed by atoms with Crippen LogP contribution in [0.4, 0.5) is 23.7 Å². The van der Waals surface area contributed by atoms with E-state index in [1.807, 2.05) is 43.3 Å². The summed E-state index contributed by atoms with van der Waals surface area (Å²) in [6.07, 6.45) is 0.214. The second kappa shape index (κ2) is 14.0. The van der Waals surface area contributed by atoms with Crippen LogP contribution in [0.15, 0.2) is 84.1 Å². The highest BCUT2D eigenvalue weighted by molar-refractivity contribution is 8.14. The number of thioether (sulfide) groups is 1. The lowest BCUT2D eigenvalue weighted by molar-refractivity contribution is -0.274. The summed E-state index contributed by atoms with van der Waals surface area (Å²) < 4.78 is 42.6. The van der Waals surface area contributed by atoms with Crippen molar-refractivity contribution in [1.29, 1.82) is 0 Å². The van der Waals surface area contributed by atoms with Crippen LogP contribution in [0.25, 0.3) is 17.1 Å². The van der Waals surface area contributed by atoms with Crippen LogP contribution in [0.3, 0.4) is 0 Å². The SMILES string of the molecule is CCc1ccccc1N1CCCSC1=NC(=O)NC(C)CCc1ccc(-c2ncn(-c3ccc(OC(F)(F)F)cc3)n2)cc1. The molecule has 3 aromatic carbocycles. The van der Waals surface area contributed by atoms with Crippen LogP contribution < -0.4 is 15.0 Å². The average Bonchev–Trinajstić information content (AvgIpc) is 3.50. The quantitative estimate of drug-likeness (QED) is 0.209. The van der Waals surface area contributed by atoms with E-state index in [2.05, 4.69) is 49.1 Å². The maximum Gasteiger partial charge on any atom is 0.573 e. The molecule has 0 aliphatic carbocycles. The summed E-state index contributed by atoms with van der Waals surface area (Å²) >= 11 is 1.61. The van der Waals surface area contributed by atoms with E-state index < -0.39 is 6.36 Å². The maximum absolute atomic E-state index is 12.8. The molecule has 1 aromatic heterocycles. The zero-order valence-corrected chi connectivity index (χ0v) is 25.2. The van der Waals surface area contributed by atoms with Crippen LogP contribution in [0, 0.1) is 0 Å². The molecule has 1 atom stereocenters. The Hall–Kier alpha value is -4.32. The summed E-state index contributed by atoms with van der Waals surface area (Å²) in [6, 6.07) is 21.1. The molecule has 1 saturated heterocycles. The molecule has 0 spiro atoms. The number of aromatic nitrogens is 3. The fourth-order valence-electron chi connectivity index (χ4n) is 4.87. The molecule has 2 heterocycles. The van der Waals surface area contributed by atoms with E-state index in [1.165, 1.54) is 40.8 Å². The average molecular weight is 623 g/mol. The predicted molar refractivity (Wildman–Crippen MR) is 167 cm³/mol. The summed E-state index contributed by atoms with van der Waals surface area (Å²) in [6.45, 7) is 4.94. The van der Waals surface area contributed by atoms with Gasteiger partial charge in [-0.2, -0.15) is 4.99 Å². The first-order valence-corrected chi connectivity index (χ1v) is 15.4. The third-order valence-electron chi connectivity index (χ3n) is 7.12. The third kappa shape index (κ3) is 8.19. The Kier molecular flexibility index (Phi) is 9.89. The van der Waals surface area contributed by atoms with Gasteiger partial charge in [0.1, 0.15) is 12.1 Å². The molecule has 1 unspecified atom stereocenters. The summed E-state index contributed by atoms with van der Waals surface area (Å²) in [5, 5.41) is 8.20. The predicted octanol–water partition coefficient (Wildman–Crippen LogP) is 7.43. The first kappa shape index (κ1) is 31.1. The number of rotatable bonds is 9. The van der Waals surface area contributed by atoms with Gasteiger partial charge in [-0.1, -0.05) is 61.2 Å². The van der Waals surface area contributed by atoms with Crippen molar-refractivity contribution < 1.29 is 22.7 Å². The number of carbonyl (C=O) groups is 1. The normalized spacial score (nSPS) is 15.3. The lowest BCUT2D eigenvalue weighted by atomic mass is 10.0. The Morgan fingerprint density at radius 1 is 1.09 bits per heavy atom. The van der Waals surface area contributed by atoms with E-state index in [0.29, 0.717) is 11.5 Å². The van der Waals surface area contributed by atoms with Crippen LogP contribution in [0.2, 0.25) is 0 Å². The van der Waals surface area contributed by atoms with Gasteiger partial charge < -0.3 is 15.0 Å².